The number of hydrogen-bond donors (Lipinski definition) is 1. The first-order valence-corrected chi connectivity index (χ1v) is 9.87. The second-order valence-corrected chi connectivity index (χ2v) is 7.25. The molecule has 1 aromatic carbocycles. The molecule has 0 unspecified atom stereocenters. The van der Waals surface area contributed by atoms with E-state index in [1.807, 2.05) is 13.0 Å². The van der Waals surface area contributed by atoms with E-state index in [2.05, 4.69) is 32.3 Å². The van der Waals surface area contributed by atoms with E-state index in [1.54, 1.807) is 0 Å². The molecule has 2 heterocycles. The summed E-state index contributed by atoms with van der Waals surface area (Å²) in [5.74, 6) is 0.941. The zero-order valence-corrected chi connectivity index (χ0v) is 15.8. The van der Waals surface area contributed by atoms with Gasteiger partial charge >= 0.3 is 0 Å². The van der Waals surface area contributed by atoms with Crippen LogP contribution < -0.4 is 10.1 Å². The molecule has 6 nitrogen and oxygen atoms in total. The third-order valence-electron chi connectivity index (χ3n) is 5.53. The van der Waals surface area contributed by atoms with Crippen LogP contribution in [0.3, 0.4) is 0 Å². The number of hydrogen-bond acceptors (Lipinski definition) is 5. The van der Waals surface area contributed by atoms with E-state index in [4.69, 9.17) is 4.74 Å². The van der Waals surface area contributed by atoms with Crippen LogP contribution in [0.2, 0.25) is 0 Å². The van der Waals surface area contributed by atoms with Gasteiger partial charge in [-0.25, -0.2) is 9.97 Å². The molecule has 1 saturated carbocycles. The summed E-state index contributed by atoms with van der Waals surface area (Å²) < 4.78 is 5.87. The summed E-state index contributed by atoms with van der Waals surface area (Å²) in [5, 5.41) is 2.70. The van der Waals surface area contributed by atoms with Gasteiger partial charge in [-0.2, -0.15) is 0 Å². The maximum atomic E-state index is 11.7. The van der Waals surface area contributed by atoms with Crippen LogP contribution in [0.4, 0.5) is 0 Å². The smallest absolute Gasteiger partial charge is 0.271 e. The number of carbonyl (C=O) groups is 1. The Balaban J connectivity index is 1.42. The van der Waals surface area contributed by atoms with Crippen molar-refractivity contribution in [2.75, 3.05) is 19.6 Å². The molecule has 1 aliphatic carbocycles. The molecule has 0 bridgehead atoms. The maximum Gasteiger partial charge on any atom is 0.271 e. The largest absolute Gasteiger partial charge is 0.437 e. The van der Waals surface area contributed by atoms with Crippen LogP contribution in [0.25, 0.3) is 0 Å². The molecule has 1 fully saturated rings. The predicted molar refractivity (Wildman–Crippen MR) is 103 cm³/mol. The third kappa shape index (κ3) is 4.11. The SMILES string of the molecule is CCNC(=O)c1cnc(Oc2ccc3c(c2)CCN(C2CCC2)CC3)cn1. The minimum absolute atomic E-state index is 0.224. The minimum atomic E-state index is -0.224. The summed E-state index contributed by atoms with van der Waals surface area (Å²) >= 11 is 0. The van der Waals surface area contributed by atoms with Gasteiger partial charge in [-0.3, -0.25) is 9.69 Å². The van der Waals surface area contributed by atoms with Gasteiger partial charge in [-0.15, -0.1) is 0 Å². The van der Waals surface area contributed by atoms with Crippen LogP contribution in [0.5, 0.6) is 11.6 Å². The van der Waals surface area contributed by atoms with Crippen molar-refractivity contribution in [1.82, 2.24) is 20.2 Å². The number of benzene rings is 1. The molecule has 1 amide bonds. The van der Waals surface area contributed by atoms with Crippen LogP contribution in [-0.4, -0.2) is 46.5 Å². The number of nitrogens with one attached hydrogen (secondary N) is 1. The fourth-order valence-corrected chi connectivity index (χ4v) is 3.76. The Morgan fingerprint density at radius 2 is 2.00 bits per heavy atom. The third-order valence-corrected chi connectivity index (χ3v) is 5.53. The molecule has 0 atom stereocenters. The summed E-state index contributed by atoms with van der Waals surface area (Å²) in [4.78, 5) is 22.7. The maximum absolute atomic E-state index is 11.7. The van der Waals surface area contributed by atoms with Crippen LogP contribution in [-0.2, 0) is 12.8 Å². The zero-order valence-electron chi connectivity index (χ0n) is 15.8. The van der Waals surface area contributed by atoms with Gasteiger partial charge in [0, 0.05) is 25.7 Å². The summed E-state index contributed by atoms with van der Waals surface area (Å²) in [6, 6.07) is 7.09. The number of aromatic nitrogens is 2. The standard InChI is InChI=1S/C21H26N4O2/c1-2-22-21(26)19-13-24-20(14-23-19)27-18-7-6-15-8-10-25(17-4-3-5-17)11-9-16(15)12-18/h6-7,12-14,17H,2-5,8-11H2,1H3,(H,22,26). The van der Waals surface area contributed by atoms with E-state index in [-0.39, 0.29) is 5.91 Å². The lowest BCUT2D eigenvalue weighted by Gasteiger charge is -2.36. The lowest BCUT2D eigenvalue weighted by Crippen LogP contribution is -2.41. The van der Waals surface area contributed by atoms with E-state index in [0.29, 0.717) is 18.1 Å². The Morgan fingerprint density at radius 3 is 2.67 bits per heavy atom. The van der Waals surface area contributed by atoms with E-state index in [9.17, 15) is 4.79 Å². The average molecular weight is 366 g/mol. The van der Waals surface area contributed by atoms with E-state index >= 15 is 0 Å². The van der Waals surface area contributed by atoms with Gasteiger partial charge in [0.1, 0.15) is 11.4 Å². The monoisotopic (exact) mass is 366 g/mol. The Labute approximate surface area is 160 Å². The van der Waals surface area contributed by atoms with Gasteiger partial charge in [0.05, 0.1) is 12.4 Å². The highest BCUT2D eigenvalue weighted by Crippen LogP contribution is 2.29. The van der Waals surface area contributed by atoms with Crippen molar-refractivity contribution in [1.29, 1.82) is 0 Å². The lowest BCUT2D eigenvalue weighted by molar-refractivity contribution is 0.0950. The topological polar surface area (TPSA) is 67.3 Å². The zero-order chi connectivity index (χ0) is 18.6. The molecule has 2 aliphatic rings. The normalized spacial score (nSPS) is 17.5. The van der Waals surface area contributed by atoms with Crippen molar-refractivity contribution < 1.29 is 9.53 Å². The van der Waals surface area contributed by atoms with Gasteiger partial charge < -0.3 is 10.1 Å². The quantitative estimate of drug-likeness (QED) is 0.881. The van der Waals surface area contributed by atoms with Crippen LogP contribution >= 0.6 is 0 Å². The molecule has 0 saturated heterocycles. The first kappa shape index (κ1) is 17.9. The molecule has 0 spiro atoms. The Morgan fingerprint density at radius 1 is 1.19 bits per heavy atom. The summed E-state index contributed by atoms with van der Waals surface area (Å²) in [6.07, 6.45) is 9.20. The lowest BCUT2D eigenvalue weighted by atomic mass is 9.91. The molecule has 4 rings (SSSR count). The second kappa shape index (κ2) is 8.05. The van der Waals surface area contributed by atoms with Gasteiger partial charge in [-0.05, 0) is 55.9 Å². The average Bonchev–Trinajstić information content (AvgIpc) is 2.84. The number of nitrogens with zero attached hydrogens (tertiary/aromatic N) is 3. The predicted octanol–water partition coefficient (Wildman–Crippen LogP) is 2.97. The molecular formula is C21H26N4O2. The number of carbonyl (C=O) groups excluding carboxylic acids is 1. The molecule has 6 heteroatoms. The van der Waals surface area contributed by atoms with E-state index in [0.717, 1.165) is 37.7 Å². The van der Waals surface area contributed by atoms with Crippen LogP contribution in [0.1, 0.15) is 47.8 Å². The van der Waals surface area contributed by atoms with Crippen molar-refractivity contribution in [2.24, 2.45) is 0 Å². The van der Waals surface area contributed by atoms with Gasteiger partial charge in [0.15, 0.2) is 0 Å². The fourth-order valence-electron chi connectivity index (χ4n) is 3.76. The van der Waals surface area contributed by atoms with Crippen LogP contribution in [0, 0.1) is 0 Å². The van der Waals surface area contributed by atoms with Crippen molar-refractivity contribution in [3.63, 3.8) is 0 Å². The highest BCUT2D eigenvalue weighted by Gasteiger charge is 2.26. The van der Waals surface area contributed by atoms with Crippen molar-refractivity contribution in [2.45, 2.75) is 45.1 Å². The highest BCUT2D eigenvalue weighted by atomic mass is 16.5. The van der Waals surface area contributed by atoms with E-state index in [1.165, 1.54) is 42.8 Å². The van der Waals surface area contributed by atoms with Crippen molar-refractivity contribution in [3.8, 4) is 11.6 Å². The van der Waals surface area contributed by atoms with Crippen molar-refractivity contribution >= 4 is 5.91 Å². The molecule has 1 aromatic heterocycles. The second-order valence-electron chi connectivity index (χ2n) is 7.25. The number of rotatable bonds is 5. The van der Waals surface area contributed by atoms with Gasteiger partial charge in [-0.1, -0.05) is 12.5 Å². The molecular weight excluding hydrogens is 340 g/mol. The molecule has 1 aliphatic heterocycles. The Hall–Kier alpha value is -2.47. The van der Waals surface area contributed by atoms with Gasteiger partial charge in [0.25, 0.3) is 5.91 Å². The molecule has 1 N–H and O–H groups in total. The molecule has 0 radical (unpaired) electrons. The van der Waals surface area contributed by atoms with E-state index < -0.39 is 0 Å². The summed E-state index contributed by atoms with van der Waals surface area (Å²) in [5.41, 5.74) is 3.07. The fraction of sp³-hybridized carbons (Fsp3) is 0.476. The first-order chi connectivity index (χ1) is 13.2. The van der Waals surface area contributed by atoms with Crippen LogP contribution in [0.15, 0.2) is 30.6 Å². The minimum Gasteiger partial charge on any atom is -0.437 e. The number of amides is 1. The first-order valence-electron chi connectivity index (χ1n) is 9.87. The van der Waals surface area contributed by atoms with Crippen molar-refractivity contribution in [3.05, 3.63) is 47.4 Å². The Kier molecular flexibility index (Phi) is 5.34. The molecule has 2 aromatic rings. The summed E-state index contributed by atoms with van der Waals surface area (Å²) in [7, 11) is 0. The molecule has 27 heavy (non-hydrogen) atoms. The Bertz CT molecular complexity index is 802. The summed E-state index contributed by atoms with van der Waals surface area (Å²) in [6.45, 7) is 4.71. The molecule has 142 valence electrons. The van der Waals surface area contributed by atoms with Gasteiger partial charge in [0.2, 0.25) is 5.88 Å². The number of ether oxygens (including phenoxy) is 1. The number of fused-ring (bicyclic) bond motifs is 1. The highest BCUT2D eigenvalue weighted by molar-refractivity contribution is 5.91.